The summed E-state index contributed by atoms with van der Waals surface area (Å²) >= 11 is 3.61. The fourth-order valence-electron chi connectivity index (χ4n) is 2.56. The molecule has 0 spiro atoms. The van der Waals surface area contributed by atoms with E-state index in [1.54, 1.807) is 11.3 Å². The standard InChI is InChI=1S/C15H24N2OS2/c1-3-16(4-2)8-5-9-17-14(18)7-11-20-15(17)13-6-10-19-12-13/h6,10,12,15H,3-5,7-9,11H2,1-2H3. The van der Waals surface area contributed by atoms with Gasteiger partial charge in [0.25, 0.3) is 0 Å². The predicted molar refractivity (Wildman–Crippen MR) is 88.3 cm³/mol. The summed E-state index contributed by atoms with van der Waals surface area (Å²) < 4.78 is 0. The number of hydrogen-bond donors (Lipinski definition) is 0. The van der Waals surface area contributed by atoms with E-state index in [0.29, 0.717) is 12.3 Å². The SMILES string of the molecule is CCN(CC)CCCN1C(=O)CCSC1c1ccsc1. The molecule has 0 bridgehead atoms. The second-order valence-electron chi connectivity index (χ2n) is 5.00. The van der Waals surface area contributed by atoms with Gasteiger partial charge in [-0.25, -0.2) is 0 Å². The molecule has 20 heavy (non-hydrogen) atoms. The highest BCUT2D eigenvalue weighted by Gasteiger charge is 2.29. The Morgan fingerprint density at radius 2 is 2.20 bits per heavy atom. The van der Waals surface area contributed by atoms with Crippen LogP contribution in [0.3, 0.4) is 0 Å². The Hall–Kier alpha value is -0.520. The summed E-state index contributed by atoms with van der Waals surface area (Å²) in [6.45, 7) is 8.53. The second kappa shape index (κ2) is 8.05. The molecule has 1 saturated heterocycles. The second-order valence-corrected chi connectivity index (χ2v) is 6.97. The van der Waals surface area contributed by atoms with Crippen molar-refractivity contribution >= 4 is 29.0 Å². The first-order valence-electron chi connectivity index (χ1n) is 7.41. The van der Waals surface area contributed by atoms with Gasteiger partial charge in [0.2, 0.25) is 5.91 Å². The number of carbonyl (C=O) groups is 1. The lowest BCUT2D eigenvalue weighted by Crippen LogP contribution is -2.39. The molecule has 1 amide bonds. The highest BCUT2D eigenvalue weighted by Crippen LogP contribution is 2.38. The molecule has 0 saturated carbocycles. The van der Waals surface area contributed by atoms with Crippen LogP contribution in [0.1, 0.15) is 37.6 Å². The number of rotatable bonds is 7. The van der Waals surface area contributed by atoms with E-state index in [1.165, 1.54) is 5.56 Å². The lowest BCUT2D eigenvalue weighted by molar-refractivity contribution is -0.132. The predicted octanol–water partition coefficient (Wildman–Crippen LogP) is 3.44. The molecule has 1 aromatic heterocycles. The maximum absolute atomic E-state index is 12.2. The average molecular weight is 313 g/mol. The smallest absolute Gasteiger partial charge is 0.224 e. The molecule has 1 unspecified atom stereocenters. The van der Waals surface area contributed by atoms with Gasteiger partial charge in [-0.3, -0.25) is 4.79 Å². The zero-order valence-electron chi connectivity index (χ0n) is 12.4. The van der Waals surface area contributed by atoms with Crippen LogP contribution in [0.15, 0.2) is 16.8 Å². The molecule has 1 atom stereocenters. The van der Waals surface area contributed by atoms with Crippen molar-refractivity contribution in [2.75, 3.05) is 31.9 Å². The lowest BCUT2D eigenvalue weighted by Gasteiger charge is -2.35. The number of thioether (sulfide) groups is 1. The summed E-state index contributed by atoms with van der Waals surface area (Å²) in [6, 6.07) is 2.15. The van der Waals surface area contributed by atoms with Gasteiger partial charge >= 0.3 is 0 Å². The Labute approximate surface area is 130 Å². The molecule has 2 heterocycles. The molecule has 0 aromatic carbocycles. The molecule has 1 aromatic rings. The van der Waals surface area contributed by atoms with Crippen LogP contribution in [0, 0.1) is 0 Å². The number of hydrogen-bond acceptors (Lipinski definition) is 4. The van der Waals surface area contributed by atoms with Gasteiger partial charge < -0.3 is 9.80 Å². The number of nitrogens with zero attached hydrogens (tertiary/aromatic N) is 2. The van der Waals surface area contributed by atoms with Crippen LogP contribution in [0.5, 0.6) is 0 Å². The van der Waals surface area contributed by atoms with Crippen molar-refractivity contribution in [1.82, 2.24) is 9.80 Å². The Morgan fingerprint density at radius 1 is 1.40 bits per heavy atom. The van der Waals surface area contributed by atoms with E-state index in [9.17, 15) is 4.79 Å². The van der Waals surface area contributed by atoms with Gasteiger partial charge in [-0.2, -0.15) is 11.3 Å². The van der Waals surface area contributed by atoms with Crippen molar-refractivity contribution in [1.29, 1.82) is 0 Å². The zero-order valence-corrected chi connectivity index (χ0v) is 14.0. The van der Waals surface area contributed by atoms with Crippen molar-refractivity contribution in [3.05, 3.63) is 22.4 Å². The van der Waals surface area contributed by atoms with E-state index < -0.39 is 0 Å². The summed E-state index contributed by atoms with van der Waals surface area (Å²) in [4.78, 5) is 16.7. The molecular weight excluding hydrogens is 288 g/mol. The third kappa shape index (κ3) is 3.99. The maximum atomic E-state index is 12.2. The quantitative estimate of drug-likeness (QED) is 0.770. The summed E-state index contributed by atoms with van der Waals surface area (Å²) in [5.41, 5.74) is 1.29. The minimum Gasteiger partial charge on any atom is -0.326 e. The highest BCUT2D eigenvalue weighted by molar-refractivity contribution is 7.99. The molecule has 1 fully saturated rings. The third-order valence-corrected chi connectivity index (χ3v) is 5.77. The van der Waals surface area contributed by atoms with Crippen LogP contribution in [-0.2, 0) is 4.79 Å². The van der Waals surface area contributed by atoms with Crippen molar-refractivity contribution in [3.8, 4) is 0 Å². The minimum atomic E-state index is 0.235. The van der Waals surface area contributed by atoms with Crippen molar-refractivity contribution in [2.24, 2.45) is 0 Å². The number of amides is 1. The molecule has 2 rings (SSSR count). The van der Waals surface area contributed by atoms with Crippen LogP contribution in [0.2, 0.25) is 0 Å². The highest BCUT2D eigenvalue weighted by atomic mass is 32.2. The molecule has 0 aliphatic carbocycles. The van der Waals surface area contributed by atoms with Gasteiger partial charge in [0.15, 0.2) is 0 Å². The van der Waals surface area contributed by atoms with E-state index in [-0.39, 0.29) is 5.37 Å². The van der Waals surface area contributed by atoms with E-state index in [2.05, 4.69) is 40.5 Å². The topological polar surface area (TPSA) is 23.6 Å². The van der Waals surface area contributed by atoms with Crippen molar-refractivity contribution < 1.29 is 4.79 Å². The van der Waals surface area contributed by atoms with E-state index >= 15 is 0 Å². The van der Waals surface area contributed by atoms with Gasteiger partial charge in [-0.1, -0.05) is 13.8 Å². The Kier molecular flexibility index (Phi) is 6.39. The number of carbonyl (C=O) groups excluding carboxylic acids is 1. The van der Waals surface area contributed by atoms with Gasteiger partial charge in [0, 0.05) is 18.7 Å². The molecular formula is C15H24N2OS2. The van der Waals surface area contributed by atoms with Gasteiger partial charge in [-0.15, -0.1) is 11.8 Å². The Bertz CT molecular complexity index is 404. The van der Waals surface area contributed by atoms with Crippen molar-refractivity contribution in [3.63, 3.8) is 0 Å². The first kappa shape index (κ1) is 15.9. The summed E-state index contributed by atoms with van der Waals surface area (Å²) in [5.74, 6) is 1.27. The van der Waals surface area contributed by atoms with E-state index in [0.717, 1.165) is 38.4 Å². The molecule has 0 N–H and O–H groups in total. The van der Waals surface area contributed by atoms with Crippen LogP contribution in [-0.4, -0.2) is 47.6 Å². The van der Waals surface area contributed by atoms with E-state index in [4.69, 9.17) is 0 Å². The Balaban J connectivity index is 1.93. The van der Waals surface area contributed by atoms with Gasteiger partial charge in [0.05, 0.1) is 0 Å². The van der Waals surface area contributed by atoms with Crippen LogP contribution in [0.4, 0.5) is 0 Å². The summed E-state index contributed by atoms with van der Waals surface area (Å²) in [5, 5.41) is 4.51. The van der Waals surface area contributed by atoms with Crippen LogP contribution in [0.25, 0.3) is 0 Å². The van der Waals surface area contributed by atoms with Crippen LogP contribution < -0.4 is 0 Å². The fourth-order valence-corrected chi connectivity index (χ4v) is 4.58. The molecule has 1 aliphatic rings. The molecule has 5 heteroatoms. The molecule has 3 nitrogen and oxygen atoms in total. The first-order valence-corrected chi connectivity index (χ1v) is 9.41. The third-order valence-electron chi connectivity index (χ3n) is 3.79. The molecule has 112 valence electrons. The minimum absolute atomic E-state index is 0.235. The Morgan fingerprint density at radius 3 is 2.85 bits per heavy atom. The summed E-state index contributed by atoms with van der Waals surface area (Å²) in [6.07, 6.45) is 1.76. The molecule has 1 aliphatic heterocycles. The van der Waals surface area contributed by atoms with E-state index in [1.807, 2.05) is 11.8 Å². The lowest BCUT2D eigenvalue weighted by atomic mass is 10.2. The first-order chi connectivity index (χ1) is 9.76. The zero-order chi connectivity index (χ0) is 14.4. The molecule has 0 radical (unpaired) electrons. The number of thiophene rings is 1. The normalized spacial score (nSPS) is 19.9. The largest absolute Gasteiger partial charge is 0.326 e. The van der Waals surface area contributed by atoms with Crippen LogP contribution >= 0.6 is 23.1 Å². The fraction of sp³-hybridized carbons (Fsp3) is 0.667. The van der Waals surface area contributed by atoms with Gasteiger partial charge in [-0.05, 0) is 48.4 Å². The maximum Gasteiger partial charge on any atom is 0.224 e. The van der Waals surface area contributed by atoms with Gasteiger partial charge in [0.1, 0.15) is 5.37 Å². The average Bonchev–Trinajstić information content (AvgIpc) is 2.99. The summed E-state index contributed by atoms with van der Waals surface area (Å²) in [7, 11) is 0. The van der Waals surface area contributed by atoms with Crippen molar-refractivity contribution in [2.45, 2.75) is 32.1 Å². The monoisotopic (exact) mass is 312 g/mol.